The maximum atomic E-state index is 12.9. The van der Waals surface area contributed by atoms with Gasteiger partial charge in [-0.05, 0) is 42.8 Å². The van der Waals surface area contributed by atoms with Crippen LogP contribution in [0.5, 0.6) is 5.75 Å². The number of aryl methyl sites for hydroxylation is 1. The minimum absolute atomic E-state index is 0.127. The highest BCUT2D eigenvalue weighted by Gasteiger charge is 2.05. The molecule has 1 aromatic heterocycles. The molecule has 0 saturated carbocycles. The van der Waals surface area contributed by atoms with Gasteiger partial charge in [0.05, 0.1) is 11.3 Å². The molecule has 0 radical (unpaired) electrons. The molecule has 4 nitrogen and oxygen atoms in total. The molecule has 5 heteroatoms. The molecule has 0 unspecified atom stereocenters. The fourth-order valence-corrected chi connectivity index (χ4v) is 1.56. The summed E-state index contributed by atoms with van der Waals surface area (Å²) in [5.74, 6) is -0.756. The summed E-state index contributed by atoms with van der Waals surface area (Å²) < 4.78 is 18.4. The summed E-state index contributed by atoms with van der Waals surface area (Å²) in [5.41, 5.74) is 1.43. The first-order valence-corrected chi connectivity index (χ1v) is 5.63. The quantitative estimate of drug-likeness (QED) is 0.919. The molecule has 1 heterocycles. The first-order valence-electron chi connectivity index (χ1n) is 5.63. The molecule has 0 bridgehead atoms. The van der Waals surface area contributed by atoms with Crippen LogP contribution in [0.4, 0.5) is 4.39 Å². The molecule has 1 aromatic carbocycles. The Balaban J connectivity index is 2.04. The number of benzene rings is 1. The van der Waals surface area contributed by atoms with Crippen LogP contribution < -0.4 is 4.74 Å². The van der Waals surface area contributed by atoms with Gasteiger partial charge >= 0.3 is 5.97 Å². The number of carbonyl (C=O) groups is 1. The van der Waals surface area contributed by atoms with Gasteiger partial charge in [0.1, 0.15) is 18.2 Å². The Morgan fingerprint density at radius 2 is 2.16 bits per heavy atom. The average Bonchev–Trinajstić information content (AvgIpc) is 2.38. The second-order valence-electron chi connectivity index (χ2n) is 4.04. The molecule has 0 saturated heterocycles. The summed E-state index contributed by atoms with van der Waals surface area (Å²) in [6.45, 7) is 1.95. The molecule has 1 N–H and O–H groups in total. The second kappa shape index (κ2) is 5.48. The highest BCUT2D eigenvalue weighted by molar-refractivity contribution is 5.87. The Labute approximate surface area is 109 Å². The van der Waals surface area contributed by atoms with Crippen molar-refractivity contribution in [2.75, 3.05) is 0 Å². The van der Waals surface area contributed by atoms with Crippen molar-refractivity contribution in [1.82, 2.24) is 4.98 Å². The van der Waals surface area contributed by atoms with Crippen LogP contribution in [0.3, 0.4) is 0 Å². The topological polar surface area (TPSA) is 59.4 Å². The van der Waals surface area contributed by atoms with E-state index in [0.717, 1.165) is 0 Å². The van der Waals surface area contributed by atoms with E-state index in [2.05, 4.69) is 4.98 Å². The maximum absolute atomic E-state index is 12.9. The summed E-state index contributed by atoms with van der Waals surface area (Å²) in [6, 6.07) is 7.31. The lowest BCUT2D eigenvalue weighted by Crippen LogP contribution is -2.02. The van der Waals surface area contributed by atoms with E-state index in [0.29, 0.717) is 17.0 Å². The molecule has 0 atom stereocenters. The number of ether oxygens (including phenoxy) is 1. The number of hydrogen-bond acceptors (Lipinski definition) is 3. The van der Waals surface area contributed by atoms with Crippen LogP contribution in [0.15, 0.2) is 36.5 Å². The number of hydrogen-bond donors (Lipinski definition) is 1. The monoisotopic (exact) mass is 261 g/mol. The Bertz CT molecular complexity index is 596. The Morgan fingerprint density at radius 3 is 2.74 bits per heavy atom. The lowest BCUT2D eigenvalue weighted by atomic mass is 10.2. The lowest BCUT2D eigenvalue weighted by Gasteiger charge is -2.08. The minimum atomic E-state index is -1.02. The molecule has 0 fully saturated rings. The van der Waals surface area contributed by atoms with Crippen LogP contribution in [-0.4, -0.2) is 16.1 Å². The predicted molar refractivity (Wildman–Crippen MR) is 66.7 cm³/mol. The zero-order valence-electron chi connectivity index (χ0n) is 10.3. The summed E-state index contributed by atoms with van der Waals surface area (Å²) >= 11 is 0. The van der Waals surface area contributed by atoms with Crippen molar-refractivity contribution in [2.45, 2.75) is 13.5 Å². The fourth-order valence-electron chi connectivity index (χ4n) is 1.56. The van der Waals surface area contributed by atoms with Crippen LogP contribution in [0.1, 0.15) is 21.6 Å². The number of aromatic carboxylic acids is 1. The summed E-state index contributed by atoms with van der Waals surface area (Å²) in [7, 11) is 0. The Kier molecular flexibility index (Phi) is 3.75. The number of nitrogens with zero attached hydrogens (tertiary/aromatic N) is 1. The van der Waals surface area contributed by atoms with E-state index in [1.54, 1.807) is 19.1 Å². The van der Waals surface area contributed by atoms with Crippen molar-refractivity contribution in [3.63, 3.8) is 0 Å². The first kappa shape index (κ1) is 13.0. The zero-order chi connectivity index (χ0) is 13.8. The average molecular weight is 261 g/mol. The van der Waals surface area contributed by atoms with Crippen LogP contribution in [-0.2, 0) is 6.61 Å². The number of carboxylic acids is 1. The van der Waals surface area contributed by atoms with Gasteiger partial charge in [0.2, 0.25) is 0 Å². The van der Waals surface area contributed by atoms with Gasteiger partial charge in [0, 0.05) is 6.20 Å². The van der Waals surface area contributed by atoms with Crippen molar-refractivity contribution >= 4 is 5.97 Å². The lowest BCUT2D eigenvalue weighted by molar-refractivity contribution is 0.0696. The summed E-state index contributed by atoms with van der Waals surface area (Å²) in [6.07, 6.45) is 1.28. The van der Waals surface area contributed by atoms with Crippen molar-refractivity contribution in [3.8, 4) is 5.75 Å². The SMILES string of the molecule is Cc1cc(F)ccc1OCc1ccc(C(=O)O)cn1. The van der Waals surface area contributed by atoms with Crippen molar-refractivity contribution in [2.24, 2.45) is 0 Å². The number of carboxylic acid groups (broad SMARTS) is 1. The van der Waals surface area contributed by atoms with E-state index < -0.39 is 5.97 Å². The maximum Gasteiger partial charge on any atom is 0.337 e. The van der Waals surface area contributed by atoms with Gasteiger partial charge in [0.15, 0.2) is 0 Å². The van der Waals surface area contributed by atoms with Crippen LogP contribution in [0.25, 0.3) is 0 Å². The molecule has 0 aliphatic rings. The Morgan fingerprint density at radius 1 is 1.37 bits per heavy atom. The van der Waals surface area contributed by atoms with Crippen molar-refractivity contribution < 1.29 is 19.0 Å². The van der Waals surface area contributed by atoms with Gasteiger partial charge < -0.3 is 9.84 Å². The highest BCUT2D eigenvalue weighted by atomic mass is 19.1. The largest absolute Gasteiger partial charge is 0.487 e. The van der Waals surface area contributed by atoms with Crippen molar-refractivity contribution in [1.29, 1.82) is 0 Å². The van der Waals surface area contributed by atoms with E-state index >= 15 is 0 Å². The van der Waals surface area contributed by atoms with Crippen LogP contribution in [0.2, 0.25) is 0 Å². The number of halogens is 1. The first-order chi connectivity index (χ1) is 9.06. The summed E-state index contributed by atoms with van der Waals surface area (Å²) in [4.78, 5) is 14.6. The zero-order valence-corrected chi connectivity index (χ0v) is 10.3. The van der Waals surface area contributed by atoms with Crippen LogP contribution >= 0.6 is 0 Å². The van der Waals surface area contributed by atoms with Gasteiger partial charge in [-0.15, -0.1) is 0 Å². The number of pyridine rings is 1. The third-order valence-electron chi connectivity index (χ3n) is 2.58. The van der Waals surface area contributed by atoms with Crippen LogP contribution in [0, 0.1) is 12.7 Å². The molecular weight excluding hydrogens is 249 g/mol. The molecular formula is C14H12FNO3. The molecule has 0 amide bonds. The van der Waals surface area contributed by atoms with E-state index in [1.165, 1.54) is 24.4 Å². The Hall–Kier alpha value is -2.43. The molecule has 98 valence electrons. The molecule has 2 rings (SSSR count). The van der Waals surface area contributed by atoms with Gasteiger partial charge in [-0.1, -0.05) is 0 Å². The fraction of sp³-hybridized carbons (Fsp3) is 0.143. The van der Waals surface area contributed by atoms with Gasteiger partial charge in [-0.25, -0.2) is 9.18 Å². The molecule has 2 aromatic rings. The summed E-state index contributed by atoms with van der Waals surface area (Å²) in [5, 5.41) is 8.74. The van der Waals surface area contributed by atoms with E-state index in [4.69, 9.17) is 9.84 Å². The molecule has 19 heavy (non-hydrogen) atoms. The van der Waals surface area contributed by atoms with E-state index in [1.807, 2.05) is 0 Å². The minimum Gasteiger partial charge on any atom is -0.487 e. The molecule has 0 spiro atoms. The smallest absolute Gasteiger partial charge is 0.337 e. The molecule has 0 aliphatic carbocycles. The second-order valence-corrected chi connectivity index (χ2v) is 4.04. The number of rotatable bonds is 4. The van der Waals surface area contributed by atoms with Gasteiger partial charge in [-0.3, -0.25) is 4.98 Å². The molecule has 0 aliphatic heterocycles. The van der Waals surface area contributed by atoms with Crippen molar-refractivity contribution in [3.05, 3.63) is 59.2 Å². The van der Waals surface area contributed by atoms with Gasteiger partial charge in [0.25, 0.3) is 0 Å². The van der Waals surface area contributed by atoms with Gasteiger partial charge in [-0.2, -0.15) is 0 Å². The number of aromatic nitrogens is 1. The third-order valence-corrected chi connectivity index (χ3v) is 2.58. The van der Waals surface area contributed by atoms with E-state index in [9.17, 15) is 9.18 Å². The predicted octanol–water partition coefficient (Wildman–Crippen LogP) is 2.81. The highest BCUT2D eigenvalue weighted by Crippen LogP contribution is 2.19. The standard InChI is InChI=1S/C14H12FNO3/c1-9-6-11(15)3-5-13(9)19-8-12-4-2-10(7-16-12)14(17)18/h2-7H,8H2,1H3,(H,17,18). The third kappa shape index (κ3) is 3.28. The normalized spacial score (nSPS) is 10.2. The van der Waals surface area contributed by atoms with E-state index in [-0.39, 0.29) is 18.0 Å².